The van der Waals surface area contributed by atoms with E-state index in [9.17, 15) is 10.1 Å². The van der Waals surface area contributed by atoms with Gasteiger partial charge >= 0.3 is 5.97 Å². The number of methoxy groups -OCH3 is 1. The monoisotopic (exact) mass is 300 g/mol. The van der Waals surface area contributed by atoms with Gasteiger partial charge in [0.05, 0.1) is 35.3 Å². The average Bonchev–Trinajstić information content (AvgIpc) is 2.53. The highest BCUT2D eigenvalue weighted by atomic mass is 32.2. The maximum Gasteiger partial charge on any atom is 0.336 e. The Kier molecular flexibility index (Phi) is 4.71. The van der Waals surface area contributed by atoms with E-state index >= 15 is 0 Å². The lowest BCUT2D eigenvalue weighted by Gasteiger charge is -2.28. The fourth-order valence-corrected chi connectivity index (χ4v) is 3.07. The van der Waals surface area contributed by atoms with Crippen LogP contribution in [0.15, 0.2) is 52.2 Å². The molecule has 1 atom stereocenters. The van der Waals surface area contributed by atoms with E-state index in [1.165, 1.54) is 18.9 Å². The lowest BCUT2D eigenvalue weighted by Crippen LogP contribution is -2.28. The van der Waals surface area contributed by atoms with Crippen molar-refractivity contribution in [2.75, 3.05) is 13.4 Å². The van der Waals surface area contributed by atoms with Gasteiger partial charge in [-0.15, -0.1) is 11.8 Å². The van der Waals surface area contributed by atoms with Gasteiger partial charge < -0.3 is 10.1 Å². The number of carbonyl (C=O) groups excluding carboxylic acids is 1. The third-order valence-corrected chi connectivity index (χ3v) is 4.12. The third kappa shape index (κ3) is 2.81. The summed E-state index contributed by atoms with van der Waals surface area (Å²) in [6, 6.07) is 11.8. The molecule has 1 aromatic rings. The van der Waals surface area contributed by atoms with Crippen LogP contribution < -0.4 is 5.32 Å². The second kappa shape index (κ2) is 6.51. The van der Waals surface area contributed by atoms with Gasteiger partial charge in [0.2, 0.25) is 0 Å². The van der Waals surface area contributed by atoms with Crippen molar-refractivity contribution >= 4 is 17.7 Å². The number of thioether (sulfide) groups is 1. The number of allylic oxidation sites excluding steroid dienone is 2. The minimum Gasteiger partial charge on any atom is -0.466 e. The molecule has 108 valence electrons. The lowest BCUT2D eigenvalue weighted by atomic mass is 9.82. The van der Waals surface area contributed by atoms with Gasteiger partial charge in [0.1, 0.15) is 0 Å². The first-order valence-corrected chi connectivity index (χ1v) is 7.65. The molecule has 1 aromatic carbocycles. The molecular weight excluding hydrogens is 284 g/mol. The predicted octanol–water partition coefficient (Wildman–Crippen LogP) is 2.92. The molecule has 5 heteroatoms. The Balaban J connectivity index is 2.65. The first-order chi connectivity index (χ1) is 10.1. The molecule has 0 radical (unpaired) electrons. The van der Waals surface area contributed by atoms with Crippen LogP contribution >= 0.6 is 11.8 Å². The summed E-state index contributed by atoms with van der Waals surface area (Å²) in [5, 5.41) is 13.5. The van der Waals surface area contributed by atoms with E-state index in [1.807, 2.05) is 43.5 Å². The van der Waals surface area contributed by atoms with Gasteiger partial charge in [-0.2, -0.15) is 5.26 Å². The van der Waals surface area contributed by atoms with E-state index in [2.05, 4.69) is 11.4 Å². The summed E-state index contributed by atoms with van der Waals surface area (Å²) in [5.41, 5.74) is 2.65. The number of dihydropyridines is 1. The van der Waals surface area contributed by atoms with Crippen molar-refractivity contribution in [2.45, 2.75) is 12.8 Å². The molecule has 1 aliphatic heterocycles. The number of nitrogens with zero attached hydrogens (tertiary/aromatic N) is 1. The van der Waals surface area contributed by atoms with Crippen molar-refractivity contribution in [3.63, 3.8) is 0 Å². The van der Waals surface area contributed by atoms with Crippen LogP contribution in [-0.2, 0) is 9.53 Å². The number of benzene rings is 1. The molecule has 1 aliphatic rings. The number of rotatable bonds is 3. The number of carbonyl (C=O) groups is 1. The summed E-state index contributed by atoms with van der Waals surface area (Å²) >= 11 is 1.46. The maximum atomic E-state index is 12.2. The molecule has 2 rings (SSSR count). The van der Waals surface area contributed by atoms with Crippen molar-refractivity contribution in [3.8, 4) is 6.07 Å². The van der Waals surface area contributed by atoms with Crippen LogP contribution in [0.4, 0.5) is 0 Å². The van der Waals surface area contributed by atoms with E-state index in [1.54, 1.807) is 0 Å². The van der Waals surface area contributed by atoms with Crippen LogP contribution in [0.2, 0.25) is 0 Å². The van der Waals surface area contributed by atoms with Crippen molar-refractivity contribution in [1.82, 2.24) is 5.32 Å². The molecule has 0 amide bonds. The first kappa shape index (κ1) is 15.2. The predicted molar refractivity (Wildman–Crippen MR) is 83.2 cm³/mol. The highest BCUT2D eigenvalue weighted by Crippen LogP contribution is 2.40. The minimum atomic E-state index is -0.415. The van der Waals surface area contributed by atoms with Gasteiger partial charge in [0.25, 0.3) is 0 Å². The zero-order valence-corrected chi connectivity index (χ0v) is 13.0. The Labute approximate surface area is 128 Å². The summed E-state index contributed by atoms with van der Waals surface area (Å²) in [5.74, 6) is -0.811. The first-order valence-electron chi connectivity index (χ1n) is 6.43. The van der Waals surface area contributed by atoms with Crippen LogP contribution in [0.5, 0.6) is 0 Å². The largest absolute Gasteiger partial charge is 0.466 e. The molecule has 21 heavy (non-hydrogen) atoms. The molecule has 0 bridgehead atoms. The Morgan fingerprint density at radius 2 is 2.05 bits per heavy atom. The van der Waals surface area contributed by atoms with Crippen LogP contribution in [-0.4, -0.2) is 19.3 Å². The summed E-state index contributed by atoms with van der Waals surface area (Å²) in [7, 11) is 1.35. The molecule has 0 saturated carbocycles. The maximum absolute atomic E-state index is 12.2. The Morgan fingerprint density at radius 3 is 2.57 bits per heavy atom. The van der Waals surface area contributed by atoms with Crippen molar-refractivity contribution in [2.24, 2.45) is 0 Å². The van der Waals surface area contributed by atoms with E-state index < -0.39 is 11.9 Å². The van der Waals surface area contributed by atoms with Gasteiger partial charge in [0, 0.05) is 5.70 Å². The number of nitriles is 1. The summed E-state index contributed by atoms with van der Waals surface area (Å²) < 4.78 is 4.90. The number of nitrogens with one attached hydrogen (secondary N) is 1. The van der Waals surface area contributed by atoms with Crippen molar-refractivity contribution in [3.05, 3.63) is 57.8 Å². The van der Waals surface area contributed by atoms with Gasteiger partial charge in [-0.3, -0.25) is 0 Å². The quantitative estimate of drug-likeness (QED) is 0.870. The summed E-state index contributed by atoms with van der Waals surface area (Å²) in [6.45, 7) is 1.83. The Hall–Kier alpha value is -2.19. The highest BCUT2D eigenvalue weighted by molar-refractivity contribution is 8.02. The SMILES string of the molecule is COC(=O)C1=C(C)NC(SC)=C(C#N)[C@H]1c1ccccc1. The van der Waals surface area contributed by atoms with Gasteiger partial charge in [-0.25, -0.2) is 4.79 Å². The van der Waals surface area contributed by atoms with E-state index in [0.717, 1.165) is 16.3 Å². The Bertz CT molecular complexity index is 657. The second-order valence-electron chi connectivity index (χ2n) is 4.56. The summed E-state index contributed by atoms with van der Waals surface area (Å²) in [4.78, 5) is 12.2. The molecule has 1 heterocycles. The highest BCUT2D eigenvalue weighted by Gasteiger charge is 2.34. The van der Waals surface area contributed by atoms with Crippen LogP contribution in [0.25, 0.3) is 0 Å². The smallest absolute Gasteiger partial charge is 0.336 e. The number of hydrogen-bond donors (Lipinski definition) is 1. The molecule has 0 spiro atoms. The Morgan fingerprint density at radius 1 is 1.38 bits per heavy atom. The molecule has 1 N–H and O–H groups in total. The third-order valence-electron chi connectivity index (χ3n) is 3.39. The zero-order valence-electron chi connectivity index (χ0n) is 12.1. The van der Waals surface area contributed by atoms with Crippen molar-refractivity contribution in [1.29, 1.82) is 5.26 Å². The second-order valence-corrected chi connectivity index (χ2v) is 5.37. The normalized spacial score (nSPS) is 18.1. The molecule has 0 unspecified atom stereocenters. The minimum absolute atomic E-state index is 0.396. The molecule has 0 saturated heterocycles. The molecular formula is C16H16N2O2S. The molecule has 0 aliphatic carbocycles. The standard InChI is InChI=1S/C16H16N2O2S/c1-10-13(16(19)20-2)14(11-7-5-4-6-8-11)12(9-17)15(18-10)21-3/h4-8,14,18H,1-3H3/t14-/m1/s1. The zero-order chi connectivity index (χ0) is 15.4. The topological polar surface area (TPSA) is 62.1 Å². The van der Waals surface area contributed by atoms with Gasteiger partial charge in [0.15, 0.2) is 0 Å². The number of esters is 1. The lowest BCUT2D eigenvalue weighted by molar-refractivity contribution is -0.136. The van der Waals surface area contributed by atoms with Crippen molar-refractivity contribution < 1.29 is 9.53 Å². The average molecular weight is 300 g/mol. The van der Waals surface area contributed by atoms with Crippen LogP contribution in [0, 0.1) is 11.3 Å². The van der Waals surface area contributed by atoms with E-state index in [4.69, 9.17) is 4.74 Å². The fourth-order valence-electron chi connectivity index (χ4n) is 2.43. The fraction of sp³-hybridized carbons (Fsp3) is 0.250. The van der Waals surface area contributed by atoms with Crippen LogP contribution in [0.3, 0.4) is 0 Å². The number of ether oxygens (including phenoxy) is 1. The molecule has 0 fully saturated rings. The van der Waals surface area contributed by atoms with Crippen LogP contribution in [0.1, 0.15) is 18.4 Å². The van der Waals surface area contributed by atoms with E-state index in [-0.39, 0.29) is 0 Å². The molecule has 0 aromatic heterocycles. The van der Waals surface area contributed by atoms with Gasteiger partial charge in [-0.05, 0) is 18.7 Å². The number of hydrogen-bond acceptors (Lipinski definition) is 5. The van der Waals surface area contributed by atoms with Gasteiger partial charge in [-0.1, -0.05) is 30.3 Å². The summed E-state index contributed by atoms with van der Waals surface area (Å²) in [6.07, 6.45) is 1.90. The molecule has 4 nitrogen and oxygen atoms in total. The van der Waals surface area contributed by atoms with E-state index in [0.29, 0.717) is 11.1 Å².